The Bertz CT molecular complexity index is 1000. The van der Waals surface area contributed by atoms with Crippen molar-refractivity contribution in [2.75, 3.05) is 18.9 Å². The van der Waals surface area contributed by atoms with E-state index < -0.39 is 0 Å². The molecule has 1 aliphatic carbocycles. The molecular formula is C21H27N7OS2. The highest BCUT2D eigenvalue weighted by Crippen LogP contribution is 2.37. The first-order valence-electron chi connectivity index (χ1n) is 10.5. The molecule has 10 heteroatoms. The Morgan fingerprint density at radius 1 is 1.13 bits per heavy atom. The number of hydrogen-bond donors (Lipinski definition) is 3. The molecule has 31 heavy (non-hydrogen) atoms. The van der Waals surface area contributed by atoms with Crippen LogP contribution in [0.15, 0.2) is 23.6 Å². The maximum atomic E-state index is 8.85. The van der Waals surface area contributed by atoms with Crippen molar-refractivity contribution < 1.29 is 5.11 Å². The summed E-state index contributed by atoms with van der Waals surface area (Å²) >= 11 is 3.25. The Morgan fingerprint density at radius 3 is 2.71 bits per heavy atom. The molecule has 3 aromatic rings. The van der Waals surface area contributed by atoms with E-state index in [2.05, 4.69) is 25.3 Å². The van der Waals surface area contributed by atoms with Crippen molar-refractivity contribution in [3.05, 3.63) is 29.8 Å². The summed E-state index contributed by atoms with van der Waals surface area (Å²) in [6.07, 6.45) is 9.79. The molecule has 1 fully saturated rings. The predicted molar refractivity (Wildman–Crippen MR) is 125 cm³/mol. The lowest BCUT2D eigenvalue weighted by atomic mass is 10.0. The predicted octanol–water partition coefficient (Wildman–Crippen LogP) is 3.45. The second kappa shape index (κ2) is 10.4. The van der Waals surface area contributed by atoms with Gasteiger partial charge in [-0.15, -0.1) is 11.3 Å². The Hall–Kier alpha value is -2.14. The van der Waals surface area contributed by atoms with E-state index in [4.69, 9.17) is 15.8 Å². The van der Waals surface area contributed by atoms with Crippen molar-refractivity contribution in [3.8, 4) is 21.3 Å². The number of aliphatic hydroxyl groups is 1. The van der Waals surface area contributed by atoms with Crippen molar-refractivity contribution in [2.45, 2.75) is 56.0 Å². The molecule has 1 saturated carbocycles. The third-order valence-electron chi connectivity index (χ3n) is 5.06. The molecule has 0 saturated heterocycles. The van der Waals surface area contributed by atoms with Crippen LogP contribution in [-0.4, -0.2) is 48.4 Å². The number of anilines is 1. The molecule has 0 aromatic carbocycles. The van der Waals surface area contributed by atoms with Crippen LogP contribution in [0.2, 0.25) is 0 Å². The van der Waals surface area contributed by atoms with Gasteiger partial charge in [0.05, 0.1) is 35.3 Å². The molecule has 8 nitrogen and oxygen atoms in total. The van der Waals surface area contributed by atoms with E-state index in [1.807, 2.05) is 13.0 Å². The number of rotatable bonds is 8. The first-order valence-corrected chi connectivity index (χ1v) is 12.2. The zero-order chi connectivity index (χ0) is 21.6. The van der Waals surface area contributed by atoms with Gasteiger partial charge >= 0.3 is 0 Å². The summed E-state index contributed by atoms with van der Waals surface area (Å²) in [5.41, 5.74) is 9.48. The van der Waals surface area contributed by atoms with Gasteiger partial charge in [0.2, 0.25) is 0 Å². The Morgan fingerprint density at radius 2 is 1.97 bits per heavy atom. The summed E-state index contributed by atoms with van der Waals surface area (Å²) in [7, 11) is 0. The summed E-state index contributed by atoms with van der Waals surface area (Å²) in [5.74, 6) is 0.446. The molecule has 4 rings (SSSR count). The maximum Gasteiger partial charge on any atom is 0.188 e. The van der Waals surface area contributed by atoms with Gasteiger partial charge in [0.1, 0.15) is 16.5 Å². The molecule has 164 valence electrons. The van der Waals surface area contributed by atoms with E-state index in [0.717, 1.165) is 27.1 Å². The summed E-state index contributed by atoms with van der Waals surface area (Å²) in [5, 5.41) is 14.1. The van der Waals surface area contributed by atoms with Crippen molar-refractivity contribution >= 4 is 28.9 Å². The topological polar surface area (TPSA) is 123 Å². The molecule has 3 heterocycles. The Labute approximate surface area is 190 Å². The third kappa shape index (κ3) is 5.76. The number of aliphatic hydroxyl groups excluding tert-OH is 1. The summed E-state index contributed by atoms with van der Waals surface area (Å²) in [6, 6.07) is 1.96. The van der Waals surface area contributed by atoms with Crippen molar-refractivity contribution in [2.24, 2.45) is 0 Å². The Kier molecular flexibility index (Phi) is 7.44. The van der Waals surface area contributed by atoms with Crippen molar-refractivity contribution in [3.63, 3.8) is 0 Å². The van der Waals surface area contributed by atoms with Gasteiger partial charge in [-0.25, -0.2) is 15.0 Å². The SMILES string of the molecule is Cc1cc(-c2sc(-c3cnc(CNCCO)cn3)nc2N)nc(SC2CCCCC2)n1. The average molecular weight is 458 g/mol. The van der Waals surface area contributed by atoms with E-state index in [1.165, 1.54) is 43.4 Å². The standard InChI is InChI=1S/C21H27N7OS2/c1-13-9-16(27-21(26-13)30-15-5-3-2-4-6-15)18-19(22)28-20(31-18)17-12-24-14(11-25-17)10-23-7-8-29/h9,11-12,15,23,29H,2-8,10,22H2,1H3. The van der Waals surface area contributed by atoms with E-state index in [-0.39, 0.29) is 6.61 Å². The number of hydrogen-bond acceptors (Lipinski definition) is 10. The molecule has 1 aliphatic rings. The van der Waals surface area contributed by atoms with Gasteiger partial charge in [-0.1, -0.05) is 31.0 Å². The second-order valence-corrected chi connectivity index (χ2v) is 9.85. The van der Waals surface area contributed by atoms with Gasteiger partial charge < -0.3 is 16.2 Å². The van der Waals surface area contributed by atoms with Crippen LogP contribution in [0.25, 0.3) is 21.3 Å². The van der Waals surface area contributed by atoms with Gasteiger partial charge in [0, 0.05) is 24.0 Å². The lowest BCUT2D eigenvalue weighted by Gasteiger charge is -2.20. The Balaban J connectivity index is 1.53. The normalized spacial score (nSPS) is 14.8. The minimum absolute atomic E-state index is 0.0933. The van der Waals surface area contributed by atoms with Crippen molar-refractivity contribution in [1.29, 1.82) is 0 Å². The summed E-state index contributed by atoms with van der Waals surface area (Å²) in [4.78, 5) is 23.7. The molecule has 0 aliphatic heterocycles. The fourth-order valence-corrected chi connectivity index (χ4v) is 5.64. The molecular weight excluding hydrogens is 430 g/mol. The molecule has 0 unspecified atom stereocenters. The fraction of sp³-hybridized carbons (Fsp3) is 0.476. The molecule has 0 bridgehead atoms. The number of aryl methyl sites for hydroxylation is 1. The zero-order valence-electron chi connectivity index (χ0n) is 17.5. The number of nitrogens with zero attached hydrogens (tertiary/aromatic N) is 5. The number of aromatic nitrogens is 5. The van der Waals surface area contributed by atoms with Gasteiger partial charge in [-0.3, -0.25) is 9.97 Å². The van der Waals surface area contributed by atoms with Crippen LogP contribution in [0.3, 0.4) is 0 Å². The van der Waals surface area contributed by atoms with Gasteiger partial charge in [-0.05, 0) is 25.8 Å². The van der Waals surface area contributed by atoms with Crippen LogP contribution in [0, 0.1) is 6.92 Å². The summed E-state index contributed by atoms with van der Waals surface area (Å²) in [6.45, 7) is 3.16. The summed E-state index contributed by atoms with van der Waals surface area (Å²) < 4.78 is 0. The number of nitrogens with two attached hydrogens (primary N) is 1. The lowest BCUT2D eigenvalue weighted by Crippen LogP contribution is -2.18. The molecule has 0 atom stereocenters. The highest BCUT2D eigenvalue weighted by molar-refractivity contribution is 7.99. The van der Waals surface area contributed by atoms with Crippen LogP contribution >= 0.6 is 23.1 Å². The molecule has 0 radical (unpaired) electrons. The van der Waals surface area contributed by atoms with Crippen LogP contribution in [0.1, 0.15) is 43.5 Å². The monoisotopic (exact) mass is 457 g/mol. The van der Waals surface area contributed by atoms with Gasteiger partial charge in [0.15, 0.2) is 5.16 Å². The third-order valence-corrected chi connectivity index (χ3v) is 7.38. The van der Waals surface area contributed by atoms with E-state index in [1.54, 1.807) is 24.2 Å². The zero-order valence-corrected chi connectivity index (χ0v) is 19.2. The molecule has 4 N–H and O–H groups in total. The number of thiazole rings is 1. The van der Waals surface area contributed by atoms with E-state index in [0.29, 0.717) is 34.9 Å². The first-order chi connectivity index (χ1) is 15.1. The van der Waals surface area contributed by atoms with Gasteiger partial charge in [0.25, 0.3) is 0 Å². The lowest BCUT2D eigenvalue weighted by molar-refractivity contribution is 0.291. The van der Waals surface area contributed by atoms with Crippen LogP contribution in [0.5, 0.6) is 0 Å². The highest BCUT2D eigenvalue weighted by atomic mass is 32.2. The minimum Gasteiger partial charge on any atom is -0.395 e. The van der Waals surface area contributed by atoms with Crippen LogP contribution < -0.4 is 11.1 Å². The van der Waals surface area contributed by atoms with E-state index in [9.17, 15) is 0 Å². The van der Waals surface area contributed by atoms with Gasteiger partial charge in [-0.2, -0.15) is 0 Å². The minimum atomic E-state index is 0.0933. The van der Waals surface area contributed by atoms with Crippen LogP contribution in [0.4, 0.5) is 5.82 Å². The largest absolute Gasteiger partial charge is 0.395 e. The average Bonchev–Trinajstić information content (AvgIpc) is 3.16. The first kappa shape index (κ1) is 22.1. The van der Waals surface area contributed by atoms with E-state index >= 15 is 0 Å². The second-order valence-electron chi connectivity index (χ2n) is 7.58. The smallest absolute Gasteiger partial charge is 0.188 e. The molecule has 3 aromatic heterocycles. The fourth-order valence-electron chi connectivity index (χ4n) is 3.52. The number of nitrogens with one attached hydrogen (secondary N) is 1. The number of thioether (sulfide) groups is 1. The quantitative estimate of drug-likeness (QED) is 0.345. The van der Waals surface area contributed by atoms with Crippen molar-refractivity contribution in [1.82, 2.24) is 30.2 Å². The molecule has 0 spiro atoms. The van der Waals surface area contributed by atoms with Crippen LogP contribution in [-0.2, 0) is 6.54 Å². The maximum absolute atomic E-state index is 8.85. The highest BCUT2D eigenvalue weighted by Gasteiger charge is 2.19. The molecule has 0 amide bonds. The number of nitrogen functional groups attached to an aromatic ring is 1.